The van der Waals surface area contributed by atoms with E-state index in [4.69, 9.17) is 4.74 Å². The Morgan fingerprint density at radius 3 is 1.97 bits per heavy atom. The molecule has 160 valence electrons. The van der Waals surface area contributed by atoms with Gasteiger partial charge in [-0.1, -0.05) is 89.0 Å². The number of hydrogen-bond acceptors (Lipinski definition) is 3. The normalized spacial score (nSPS) is 11.5. The second-order valence-electron chi connectivity index (χ2n) is 7.60. The lowest BCUT2D eigenvalue weighted by atomic mass is 10.0. The quantitative estimate of drug-likeness (QED) is 0.260. The first-order chi connectivity index (χ1) is 14.0. The Balaban J connectivity index is 1.81. The third-order valence-electron chi connectivity index (χ3n) is 5.08. The summed E-state index contributed by atoms with van der Waals surface area (Å²) in [6.07, 6.45) is 13.4. The van der Waals surface area contributed by atoms with Gasteiger partial charge in [0, 0.05) is 0 Å². The zero-order valence-corrected chi connectivity index (χ0v) is 18.3. The SMILES string of the molecule is CCCCCCCCCCCCc1ccc(Oc2ccccc2)c(S(=O)(=O)O)c1. The van der Waals surface area contributed by atoms with Gasteiger partial charge < -0.3 is 4.74 Å². The number of hydrogen-bond donors (Lipinski definition) is 1. The van der Waals surface area contributed by atoms with Crippen molar-refractivity contribution < 1.29 is 17.7 Å². The van der Waals surface area contributed by atoms with E-state index in [9.17, 15) is 13.0 Å². The summed E-state index contributed by atoms with van der Waals surface area (Å²) in [5.41, 5.74) is 0.901. The van der Waals surface area contributed by atoms with Gasteiger partial charge in [-0.3, -0.25) is 4.55 Å². The summed E-state index contributed by atoms with van der Waals surface area (Å²) in [5, 5.41) is 0. The Hall–Kier alpha value is -1.85. The number of benzene rings is 2. The van der Waals surface area contributed by atoms with Gasteiger partial charge in [-0.05, 0) is 42.7 Å². The van der Waals surface area contributed by atoms with Gasteiger partial charge in [0.15, 0.2) is 0 Å². The molecule has 0 saturated carbocycles. The molecule has 2 rings (SSSR count). The summed E-state index contributed by atoms with van der Waals surface area (Å²) in [7, 11) is -4.35. The van der Waals surface area contributed by atoms with Crippen molar-refractivity contribution in [3.63, 3.8) is 0 Å². The molecule has 5 heteroatoms. The van der Waals surface area contributed by atoms with Crippen LogP contribution in [0.25, 0.3) is 0 Å². The van der Waals surface area contributed by atoms with E-state index in [-0.39, 0.29) is 10.6 Å². The molecule has 0 aliphatic heterocycles. The molecule has 29 heavy (non-hydrogen) atoms. The highest BCUT2D eigenvalue weighted by Gasteiger charge is 2.18. The predicted octanol–water partition coefficient (Wildman–Crippen LogP) is 7.19. The minimum atomic E-state index is -4.35. The molecule has 0 aliphatic rings. The number of para-hydroxylation sites is 1. The van der Waals surface area contributed by atoms with Gasteiger partial charge in [0.05, 0.1) is 0 Å². The summed E-state index contributed by atoms with van der Waals surface area (Å²) in [5.74, 6) is 0.672. The minimum Gasteiger partial charge on any atom is -0.456 e. The largest absolute Gasteiger partial charge is 0.456 e. The Morgan fingerprint density at radius 1 is 0.793 bits per heavy atom. The topological polar surface area (TPSA) is 63.6 Å². The van der Waals surface area contributed by atoms with Gasteiger partial charge in [-0.25, -0.2) is 0 Å². The lowest BCUT2D eigenvalue weighted by molar-refractivity contribution is 0.449. The average Bonchev–Trinajstić information content (AvgIpc) is 2.70. The van der Waals surface area contributed by atoms with Crippen LogP contribution in [-0.4, -0.2) is 13.0 Å². The van der Waals surface area contributed by atoms with Crippen LogP contribution in [0.5, 0.6) is 11.5 Å². The lowest BCUT2D eigenvalue weighted by Gasteiger charge is -2.11. The third-order valence-corrected chi connectivity index (χ3v) is 5.95. The fraction of sp³-hybridized carbons (Fsp3) is 0.500. The molecule has 0 amide bonds. The summed E-state index contributed by atoms with van der Waals surface area (Å²) < 4.78 is 38.9. The fourth-order valence-electron chi connectivity index (χ4n) is 3.43. The van der Waals surface area contributed by atoms with E-state index < -0.39 is 10.1 Å². The van der Waals surface area contributed by atoms with Crippen molar-refractivity contribution in [3.05, 3.63) is 54.1 Å². The Bertz CT molecular complexity index is 816. The first kappa shape index (κ1) is 23.4. The monoisotopic (exact) mass is 418 g/mol. The number of aryl methyl sites for hydroxylation is 1. The lowest BCUT2D eigenvalue weighted by Crippen LogP contribution is -2.02. The van der Waals surface area contributed by atoms with Crippen LogP contribution in [0.2, 0.25) is 0 Å². The molecule has 1 N–H and O–H groups in total. The maximum Gasteiger partial charge on any atom is 0.298 e. The molecular weight excluding hydrogens is 384 g/mol. The van der Waals surface area contributed by atoms with E-state index in [0.29, 0.717) is 5.75 Å². The number of ether oxygens (including phenoxy) is 1. The summed E-state index contributed by atoms with van der Waals surface area (Å²) >= 11 is 0. The Kier molecular flexibility index (Phi) is 10.2. The molecule has 0 radical (unpaired) electrons. The molecule has 0 aliphatic carbocycles. The van der Waals surface area contributed by atoms with Crippen molar-refractivity contribution >= 4 is 10.1 Å². The molecule has 0 unspecified atom stereocenters. The summed E-state index contributed by atoms with van der Waals surface area (Å²) in [6, 6.07) is 14.0. The van der Waals surface area contributed by atoms with Gasteiger partial charge in [0.2, 0.25) is 0 Å². The van der Waals surface area contributed by atoms with Gasteiger partial charge in [0.1, 0.15) is 16.4 Å². The molecule has 0 spiro atoms. The maximum atomic E-state index is 11.8. The molecule has 0 saturated heterocycles. The van der Waals surface area contributed by atoms with E-state index >= 15 is 0 Å². The third kappa shape index (κ3) is 9.01. The second kappa shape index (κ2) is 12.7. The van der Waals surface area contributed by atoms with Crippen LogP contribution in [0, 0.1) is 0 Å². The average molecular weight is 419 g/mol. The van der Waals surface area contributed by atoms with Crippen molar-refractivity contribution in [2.75, 3.05) is 0 Å². The van der Waals surface area contributed by atoms with Crippen molar-refractivity contribution in [1.29, 1.82) is 0 Å². The van der Waals surface area contributed by atoms with Crippen LogP contribution in [0.4, 0.5) is 0 Å². The smallest absolute Gasteiger partial charge is 0.298 e. The van der Waals surface area contributed by atoms with Crippen LogP contribution in [0.3, 0.4) is 0 Å². The van der Waals surface area contributed by atoms with E-state index in [1.165, 1.54) is 57.4 Å². The van der Waals surface area contributed by atoms with Crippen LogP contribution in [0.1, 0.15) is 76.7 Å². The standard InChI is InChI=1S/C24H34O4S/c1-2-3-4-5-6-7-8-9-10-12-15-21-18-19-23(24(20-21)29(25,26)27)28-22-16-13-11-14-17-22/h11,13-14,16-20H,2-10,12,15H2,1H3,(H,25,26,27). The molecule has 2 aromatic rings. The molecule has 0 bridgehead atoms. The van der Waals surface area contributed by atoms with E-state index in [1.54, 1.807) is 18.2 Å². The first-order valence-corrected chi connectivity index (χ1v) is 12.3. The van der Waals surface area contributed by atoms with Crippen LogP contribution < -0.4 is 4.74 Å². The van der Waals surface area contributed by atoms with E-state index in [1.807, 2.05) is 24.3 Å². The highest BCUT2D eigenvalue weighted by atomic mass is 32.2. The first-order valence-electron chi connectivity index (χ1n) is 10.8. The second-order valence-corrected chi connectivity index (χ2v) is 8.99. The summed E-state index contributed by atoms with van der Waals surface area (Å²) in [6.45, 7) is 2.24. The van der Waals surface area contributed by atoms with Gasteiger partial charge in [0.25, 0.3) is 10.1 Å². The Morgan fingerprint density at radius 2 is 1.38 bits per heavy atom. The highest BCUT2D eigenvalue weighted by molar-refractivity contribution is 7.86. The van der Waals surface area contributed by atoms with E-state index in [2.05, 4.69) is 6.92 Å². The molecule has 0 heterocycles. The Labute approximate surface area is 176 Å². The van der Waals surface area contributed by atoms with Gasteiger partial charge in [-0.15, -0.1) is 0 Å². The maximum absolute atomic E-state index is 11.8. The molecule has 2 aromatic carbocycles. The molecule has 0 atom stereocenters. The van der Waals surface area contributed by atoms with Gasteiger partial charge >= 0.3 is 0 Å². The van der Waals surface area contributed by atoms with Crippen molar-refractivity contribution in [3.8, 4) is 11.5 Å². The van der Waals surface area contributed by atoms with Crippen molar-refractivity contribution in [2.24, 2.45) is 0 Å². The molecule has 0 aromatic heterocycles. The van der Waals surface area contributed by atoms with Crippen molar-refractivity contribution in [2.45, 2.75) is 82.4 Å². The van der Waals surface area contributed by atoms with Crippen molar-refractivity contribution in [1.82, 2.24) is 0 Å². The highest BCUT2D eigenvalue weighted by Crippen LogP contribution is 2.30. The fourth-order valence-corrected chi connectivity index (χ4v) is 4.09. The van der Waals surface area contributed by atoms with Crippen LogP contribution in [0.15, 0.2) is 53.4 Å². The number of unbranched alkanes of at least 4 members (excludes halogenated alkanes) is 9. The zero-order valence-electron chi connectivity index (χ0n) is 17.5. The molecule has 4 nitrogen and oxygen atoms in total. The van der Waals surface area contributed by atoms with E-state index in [0.717, 1.165) is 24.8 Å². The summed E-state index contributed by atoms with van der Waals surface area (Å²) in [4.78, 5) is -0.175. The minimum absolute atomic E-state index is 0.144. The number of rotatable bonds is 14. The van der Waals surface area contributed by atoms with Crippen LogP contribution in [-0.2, 0) is 16.5 Å². The zero-order chi connectivity index (χ0) is 21.0. The van der Waals surface area contributed by atoms with Gasteiger partial charge in [-0.2, -0.15) is 8.42 Å². The molecular formula is C24H34O4S. The molecule has 0 fully saturated rings. The van der Waals surface area contributed by atoms with Crippen LogP contribution >= 0.6 is 0 Å². The predicted molar refractivity (Wildman–Crippen MR) is 118 cm³/mol.